The largest absolute Gasteiger partial charge is 0.441 e. The molecule has 0 aliphatic carbocycles. The number of aromatic nitrogens is 1. The van der Waals surface area contributed by atoms with Crippen LogP contribution >= 0.6 is 0 Å². The standard InChI is InChI=1S/C22H29N5O3/c1-21(2,3)13-16(19(28)26-22(14-23)9-11-27(4)12-10-22)24-18-15-7-5-6-8-17(15)30-20(29)25-18/h5-8,16H,9-13H2,1-4H3,(H,26,28)(H,24,25,29)/t16-/m0/s1. The van der Waals surface area contributed by atoms with Crippen molar-refractivity contribution >= 4 is 22.7 Å². The quantitative estimate of drug-likeness (QED) is 0.777. The van der Waals surface area contributed by atoms with Gasteiger partial charge in [-0.2, -0.15) is 10.2 Å². The van der Waals surface area contributed by atoms with Gasteiger partial charge in [0.1, 0.15) is 23.0 Å². The molecule has 2 N–H and O–H groups in total. The summed E-state index contributed by atoms with van der Waals surface area (Å²) in [6, 6.07) is 8.72. The molecule has 0 unspecified atom stereocenters. The number of nitrogens with zero attached hydrogens (tertiary/aromatic N) is 3. The van der Waals surface area contributed by atoms with Gasteiger partial charge in [0.2, 0.25) is 5.91 Å². The van der Waals surface area contributed by atoms with Crippen molar-refractivity contribution in [3.05, 3.63) is 34.8 Å². The van der Waals surface area contributed by atoms with Crippen LogP contribution in [-0.2, 0) is 4.79 Å². The van der Waals surface area contributed by atoms with Gasteiger partial charge in [0.05, 0.1) is 11.5 Å². The molecular formula is C22H29N5O3. The van der Waals surface area contributed by atoms with Gasteiger partial charge in [0.15, 0.2) is 0 Å². The number of nitrogens with one attached hydrogen (secondary N) is 2. The van der Waals surface area contributed by atoms with Crippen molar-refractivity contribution < 1.29 is 9.21 Å². The molecule has 2 aromatic rings. The summed E-state index contributed by atoms with van der Waals surface area (Å²) in [6.45, 7) is 7.61. The molecule has 2 heterocycles. The minimum Gasteiger partial charge on any atom is -0.408 e. The fourth-order valence-electron chi connectivity index (χ4n) is 3.70. The van der Waals surface area contributed by atoms with Crippen molar-refractivity contribution in [2.75, 3.05) is 25.5 Å². The second-order valence-corrected chi connectivity index (χ2v) is 9.27. The lowest BCUT2D eigenvalue weighted by molar-refractivity contribution is -0.124. The summed E-state index contributed by atoms with van der Waals surface area (Å²) in [5.74, 6) is -0.689. The second-order valence-electron chi connectivity index (χ2n) is 9.27. The van der Waals surface area contributed by atoms with Gasteiger partial charge in [-0.05, 0) is 43.9 Å². The number of carbonyl (C=O) groups excluding carboxylic acids is 1. The van der Waals surface area contributed by atoms with Crippen LogP contribution in [0.1, 0.15) is 40.0 Å². The van der Waals surface area contributed by atoms with Gasteiger partial charge in [-0.15, -0.1) is 0 Å². The first-order valence-electron chi connectivity index (χ1n) is 10.2. The molecule has 30 heavy (non-hydrogen) atoms. The van der Waals surface area contributed by atoms with E-state index in [-0.39, 0.29) is 11.3 Å². The Bertz CT molecular complexity index is 1010. The van der Waals surface area contributed by atoms with E-state index in [1.165, 1.54) is 0 Å². The molecular weight excluding hydrogens is 382 g/mol. The van der Waals surface area contributed by atoms with Gasteiger partial charge in [0, 0.05) is 13.1 Å². The number of anilines is 1. The highest BCUT2D eigenvalue weighted by Crippen LogP contribution is 2.27. The van der Waals surface area contributed by atoms with Crippen molar-refractivity contribution in [3.63, 3.8) is 0 Å². The molecule has 1 saturated heterocycles. The summed E-state index contributed by atoms with van der Waals surface area (Å²) in [5, 5.41) is 16.6. The third-order valence-electron chi connectivity index (χ3n) is 5.40. The van der Waals surface area contributed by atoms with E-state index in [1.807, 2.05) is 33.9 Å². The number of fused-ring (bicyclic) bond motifs is 1. The van der Waals surface area contributed by atoms with Crippen LogP contribution in [0.3, 0.4) is 0 Å². The zero-order valence-electron chi connectivity index (χ0n) is 18.0. The average Bonchev–Trinajstić information content (AvgIpc) is 2.68. The number of amides is 1. The fraction of sp³-hybridized carbons (Fsp3) is 0.545. The van der Waals surface area contributed by atoms with Crippen molar-refractivity contribution in [1.29, 1.82) is 5.26 Å². The van der Waals surface area contributed by atoms with Crippen LogP contribution in [-0.4, -0.2) is 47.5 Å². The Morgan fingerprint density at radius 2 is 2.00 bits per heavy atom. The molecule has 0 spiro atoms. The van der Waals surface area contributed by atoms with Gasteiger partial charge in [-0.1, -0.05) is 32.9 Å². The van der Waals surface area contributed by atoms with E-state index in [4.69, 9.17) is 4.42 Å². The predicted molar refractivity (Wildman–Crippen MR) is 115 cm³/mol. The molecule has 3 rings (SSSR count). The minimum absolute atomic E-state index is 0.170. The summed E-state index contributed by atoms with van der Waals surface area (Å²) >= 11 is 0. The number of hydrogen-bond donors (Lipinski definition) is 2. The Labute approximate surface area is 176 Å². The van der Waals surface area contributed by atoms with Crippen LogP contribution in [0.25, 0.3) is 11.0 Å². The van der Waals surface area contributed by atoms with Crippen LogP contribution in [0, 0.1) is 16.7 Å². The third kappa shape index (κ3) is 5.16. The number of rotatable bonds is 5. The summed E-state index contributed by atoms with van der Waals surface area (Å²) in [5.41, 5.74) is -0.651. The molecule has 1 atom stereocenters. The molecule has 0 bridgehead atoms. The van der Waals surface area contributed by atoms with Gasteiger partial charge in [-0.3, -0.25) is 4.79 Å². The Kier molecular flexibility index (Phi) is 6.13. The van der Waals surface area contributed by atoms with E-state index in [0.717, 1.165) is 13.1 Å². The van der Waals surface area contributed by atoms with Gasteiger partial charge in [0.25, 0.3) is 0 Å². The lowest BCUT2D eigenvalue weighted by atomic mass is 9.85. The van der Waals surface area contributed by atoms with Crippen LogP contribution < -0.4 is 16.4 Å². The molecule has 1 aliphatic heterocycles. The third-order valence-corrected chi connectivity index (χ3v) is 5.40. The minimum atomic E-state index is -0.882. The van der Waals surface area contributed by atoms with Crippen molar-refractivity contribution in [3.8, 4) is 6.07 Å². The Hall–Kier alpha value is -2.92. The maximum atomic E-state index is 13.3. The monoisotopic (exact) mass is 411 g/mol. The molecule has 1 fully saturated rings. The van der Waals surface area contributed by atoms with Crippen LogP contribution in [0.2, 0.25) is 0 Å². The van der Waals surface area contributed by atoms with E-state index < -0.39 is 17.3 Å². The van der Waals surface area contributed by atoms with E-state index >= 15 is 0 Å². The molecule has 1 aromatic heterocycles. The number of para-hydroxylation sites is 1. The molecule has 0 saturated carbocycles. The molecule has 8 heteroatoms. The fourth-order valence-corrected chi connectivity index (χ4v) is 3.70. The van der Waals surface area contributed by atoms with Crippen molar-refractivity contribution in [2.45, 2.75) is 51.6 Å². The van der Waals surface area contributed by atoms with Crippen LogP contribution in [0.15, 0.2) is 33.5 Å². The first-order chi connectivity index (χ1) is 14.1. The number of carbonyl (C=O) groups is 1. The zero-order chi connectivity index (χ0) is 21.9. The normalized spacial score (nSPS) is 17.8. The molecule has 1 aromatic carbocycles. The highest BCUT2D eigenvalue weighted by Gasteiger charge is 2.38. The lowest BCUT2D eigenvalue weighted by Gasteiger charge is -2.37. The predicted octanol–water partition coefficient (Wildman–Crippen LogP) is 2.51. The van der Waals surface area contributed by atoms with Crippen molar-refractivity contribution in [2.24, 2.45) is 5.41 Å². The van der Waals surface area contributed by atoms with E-state index in [9.17, 15) is 14.9 Å². The van der Waals surface area contributed by atoms with Crippen LogP contribution in [0.5, 0.6) is 0 Å². The number of benzene rings is 1. The molecule has 1 amide bonds. The maximum absolute atomic E-state index is 13.3. The van der Waals surface area contributed by atoms with Crippen LogP contribution in [0.4, 0.5) is 5.82 Å². The molecule has 8 nitrogen and oxygen atoms in total. The summed E-state index contributed by atoms with van der Waals surface area (Å²) in [4.78, 5) is 31.3. The topological polar surface area (TPSA) is 111 Å². The smallest absolute Gasteiger partial charge is 0.408 e. The first-order valence-corrected chi connectivity index (χ1v) is 10.2. The molecule has 0 radical (unpaired) electrons. The lowest BCUT2D eigenvalue weighted by Crippen LogP contribution is -2.57. The van der Waals surface area contributed by atoms with Gasteiger partial charge < -0.3 is 20.0 Å². The highest BCUT2D eigenvalue weighted by molar-refractivity contribution is 5.91. The number of hydrogen-bond acceptors (Lipinski definition) is 7. The number of nitriles is 1. The Morgan fingerprint density at radius 1 is 1.33 bits per heavy atom. The van der Waals surface area contributed by atoms with E-state index in [0.29, 0.717) is 36.0 Å². The van der Waals surface area contributed by atoms with Gasteiger partial charge >= 0.3 is 5.76 Å². The second kappa shape index (κ2) is 8.44. The zero-order valence-corrected chi connectivity index (χ0v) is 18.0. The SMILES string of the molecule is CN1CCC(C#N)(NC(=O)[C@H](CC(C)(C)C)Nc2nc(=O)oc3ccccc23)CC1. The van der Waals surface area contributed by atoms with E-state index in [2.05, 4.69) is 26.6 Å². The summed E-state index contributed by atoms with van der Waals surface area (Å²) in [7, 11) is 2.00. The molecule has 160 valence electrons. The number of piperidine rings is 1. The Balaban J connectivity index is 1.89. The summed E-state index contributed by atoms with van der Waals surface area (Å²) < 4.78 is 5.16. The van der Waals surface area contributed by atoms with Crippen molar-refractivity contribution in [1.82, 2.24) is 15.2 Å². The van der Waals surface area contributed by atoms with Gasteiger partial charge in [-0.25, -0.2) is 4.79 Å². The number of likely N-dealkylation sites (tertiary alicyclic amines) is 1. The maximum Gasteiger partial charge on any atom is 0.441 e. The first kappa shape index (κ1) is 21.8. The van der Waals surface area contributed by atoms with E-state index in [1.54, 1.807) is 18.2 Å². The molecule has 1 aliphatic rings. The Morgan fingerprint density at radius 3 is 2.63 bits per heavy atom. The average molecular weight is 412 g/mol. The summed E-state index contributed by atoms with van der Waals surface area (Å²) in [6.07, 6.45) is 1.64. The highest BCUT2D eigenvalue weighted by atomic mass is 16.4.